The minimum absolute atomic E-state index is 0.303. The minimum Gasteiger partial charge on any atom is -0.384 e. The molecule has 0 radical (unpaired) electrons. The van der Waals surface area contributed by atoms with Gasteiger partial charge in [0.2, 0.25) is 0 Å². The Kier molecular flexibility index (Phi) is 5.79. The first-order valence-electron chi connectivity index (χ1n) is 6.27. The number of amides is 1. The predicted molar refractivity (Wildman–Crippen MR) is 72.8 cm³/mol. The summed E-state index contributed by atoms with van der Waals surface area (Å²) in [6.45, 7) is 1.01. The van der Waals surface area contributed by atoms with Gasteiger partial charge in [-0.05, 0) is 24.6 Å². The summed E-state index contributed by atoms with van der Waals surface area (Å²) in [5, 5.41) is 8.64. The highest BCUT2D eigenvalue weighted by molar-refractivity contribution is 5.95. The first kappa shape index (κ1) is 17.1. The predicted octanol–water partition coefficient (Wildman–Crippen LogP) is 2.36. The van der Waals surface area contributed by atoms with E-state index < -0.39 is 25.0 Å². The van der Waals surface area contributed by atoms with Crippen LogP contribution in [0.2, 0.25) is 0 Å². The monoisotopic (exact) mass is 299 g/mol. The van der Waals surface area contributed by atoms with E-state index in [4.69, 9.17) is 5.11 Å². The number of nitrogens with zero attached hydrogens (tertiary/aromatic N) is 1. The number of aliphatic hydroxyl groups excluding tert-OH is 1. The molecule has 6 heteroatoms. The number of aryl methyl sites for hydroxylation is 1. The van der Waals surface area contributed by atoms with E-state index >= 15 is 0 Å². The minimum atomic E-state index is -4.29. The van der Waals surface area contributed by atoms with E-state index in [1.54, 1.807) is 19.1 Å². The molecule has 0 heterocycles. The Balaban J connectivity index is 2.90. The zero-order chi connectivity index (χ0) is 16.0. The van der Waals surface area contributed by atoms with E-state index in [1.807, 2.05) is 0 Å². The van der Waals surface area contributed by atoms with E-state index in [9.17, 15) is 18.0 Å². The molecule has 0 atom stereocenters. The Labute approximate surface area is 121 Å². The van der Waals surface area contributed by atoms with Gasteiger partial charge in [-0.1, -0.05) is 17.9 Å². The van der Waals surface area contributed by atoms with Crippen molar-refractivity contribution >= 4 is 5.91 Å². The lowest BCUT2D eigenvalue weighted by atomic mass is 10.0. The molecule has 0 saturated heterocycles. The summed E-state index contributed by atoms with van der Waals surface area (Å²) in [7, 11) is 1.33. The molecule has 0 aromatic heterocycles. The van der Waals surface area contributed by atoms with Crippen LogP contribution in [0.1, 0.15) is 27.9 Å². The summed E-state index contributed by atoms with van der Waals surface area (Å²) in [5.74, 6) is 4.64. The van der Waals surface area contributed by atoms with Gasteiger partial charge in [0.05, 0.1) is 6.42 Å². The summed E-state index contributed by atoms with van der Waals surface area (Å²) >= 11 is 0. The van der Waals surface area contributed by atoms with Crippen LogP contribution < -0.4 is 0 Å². The number of halogens is 3. The summed E-state index contributed by atoms with van der Waals surface area (Å²) in [4.78, 5) is 13.2. The zero-order valence-corrected chi connectivity index (χ0v) is 11.8. The normalized spacial score (nSPS) is 10.8. The van der Waals surface area contributed by atoms with Crippen LogP contribution in [0.3, 0.4) is 0 Å². The zero-order valence-electron chi connectivity index (χ0n) is 11.8. The molecule has 1 rings (SSSR count). The highest BCUT2D eigenvalue weighted by Gasteiger charge is 2.28. The van der Waals surface area contributed by atoms with Gasteiger partial charge in [0.25, 0.3) is 5.91 Å². The van der Waals surface area contributed by atoms with Crippen LogP contribution >= 0.6 is 0 Å². The van der Waals surface area contributed by atoms with Crippen molar-refractivity contribution in [3.8, 4) is 11.8 Å². The van der Waals surface area contributed by atoms with Crippen molar-refractivity contribution in [2.75, 3.05) is 20.2 Å². The van der Waals surface area contributed by atoms with Crippen LogP contribution in [-0.2, 0) is 0 Å². The van der Waals surface area contributed by atoms with Gasteiger partial charge in [0, 0.05) is 24.7 Å². The van der Waals surface area contributed by atoms with E-state index in [-0.39, 0.29) is 6.61 Å². The van der Waals surface area contributed by atoms with E-state index in [0.717, 1.165) is 4.90 Å². The Morgan fingerprint density at radius 3 is 2.62 bits per heavy atom. The van der Waals surface area contributed by atoms with Crippen LogP contribution in [0.5, 0.6) is 0 Å². The molecule has 0 saturated carbocycles. The van der Waals surface area contributed by atoms with Gasteiger partial charge in [0.1, 0.15) is 6.61 Å². The first-order chi connectivity index (χ1) is 9.74. The molecule has 0 unspecified atom stereocenters. The number of aliphatic hydroxyl groups is 1. The molecule has 3 nitrogen and oxygen atoms in total. The third kappa shape index (κ3) is 5.48. The lowest BCUT2D eigenvalue weighted by molar-refractivity contribution is -0.136. The van der Waals surface area contributed by atoms with Gasteiger partial charge in [-0.15, -0.1) is 0 Å². The summed E-state index contributed by atoms with van der Waals surface area (Å²) in [6, 6.07) is 4.88. The van der Waals surface area contributed by atoms with Gasteiger partial charge in [0.15, 0.2) is 0 Å². The second-order valence-corrected chi connectivity index (χ2v) is 4.58. The first-order valence-corrected chi connectivity index (χ1v) is 6.27. The topological polar surface area (TPSA) is 40.5 Å². The van der Waals surface area contributed by atoms with Crippen molar-refractivity contribution in [2.24, 2.45) is 0 Å². The highest BCUT2D eigenvalue weighted by atomic mass is 19.4. The average molecular weight is 299 g/mol. The molecule has 1 aromatic rings. The van der Waals surface area contributed by atoms with Gasteiger partial charge >= 0.3 is 6.18 Å². The second kappa shape index (κ2) is 7.14. The Morgan fingerprint density at radius 1 is 1.38 bits per heavy atom. The van der Waals surface area contributed by atoms with E-state index in [2.05, 4.69) is 11.8 Å². The average Bonchev–Trinajstić information content (AvgIpc) is 2.42. The Bertz CT molecular complexity index is 571. The fraction of sp³-hybridized carbons (Fsp3) is 0.400. The summed E-state index contributed by atoms with van der Waals surface area (Å²) in [5.41, 5.74) is 1.50. The van der Waals surface area contributed by atoms with Gasteiger partial charge < -0.3 is 10.0 Å². The SMILES string of the molecule is Cc1ccc(C#CCO)cc1C(=O)N(C)CCC(F)(F)F. The largest absolute Gasteiger partial charge is 0.390 e. The molecule has 0 fully saturated rings. The molecule has 0 bridgehead atoms. The van der Waals surface area contributed by atoms with Crippen LogP contribution in [-0.4, -0.2) is 42.3 Å². The van der Waals surface area contributed by atoms with Crippen LogP contribution in [0, 0.1) is 18.8 Å². The molecule has 0 spiro atoms. The third-order valence-electron chi connectivity index (χ3n) is 2.86. The van der Waals surface area contributed by atoms with Gasteiger partial charge in [-0.2, -0.15) is 13.2 Å². The number of carbonyl (C=O) groups is 1. The quantitative estimate of drug-likeness (QED) is 0.871. The lowest BCUT2D eigenvalue weighted by Crippen LogP contribution is -2.31. The smallest absolute Gasteiger partial charge is 0.384 e. The third-order valence-corrected chi connectivity index (χ3v) is 2.86. The van der Waals surface area contributed by atoms with Crippen molar-refractivity contribution in [1.29, 1.82) is 0 Å². The van der Waals surface area contributed by atoms with Crippen molar-refractivity contribution < 1.29 is 23.1 Å². The number of rotatable bonds is 3. The maximum atomic E-state index is 12.2. The van der Waals surface area contributed by atoms with Crippen molar-refractivity contribution in [3.05, 3.63) is 34.9 Å². The number of hydrogen-bond donors (Lipinski definition) is 1. The number of benzene rings is 1. The molecule has 114 valence electrons. The number of carbonyl (C=O) groups excluding carboxylic acids is 1. The summed E-state index contributed by atoms with van der Waals surface area (Å²) < 4.78 is 36.6. The van der Waals surface area contributed by atoms with Crippen LogP contribution in [0.4, 0.5) is 13.2 Å². The second-order valence-electron chi connectivity index (χ2n) is 4.58. The van der Waals surface area contributed by atoms with Crippen molar-refractivity contribution in [1.82, 2.24) is 4.90 Å². The lowest BCUT2D eigenvalue weighted by Gasteiger charge is -2.19. The van der Waals surface area contributed by atoms with Crippen molar-refractivity contribution in [3.63, 3.8) is 0 Å². The fourth-order valence-electron chi connectivity index (χ4n) is 1.67. The van der Waals surface area contributed by atoms with E-state index in [1.165, 1.54) is 13.1 Å². The van der Waals surface area contributed by atoms with E-state index in [0.29, 0.717) is 16.7 Å². The van der Waals surface area contributed by atoms with Crippen LogP contribution in [0.15, 0.2) is 18.2 Å². The molecule has 0 aliphatic rings. The highest BCUT2D eigenvalue weighted by Crippen LogP contribution is 2.20. The maximum Gasteiger partial charge on any atom is 0.390 e. The Hall–Kier alpha value is -2.00. The Morgan fingerprint density at radius 2 is 2.05 bits per heavy atom. The number of alkyl halides is 3. The molecular weight excluding hydrogens is 283 g/mol. The molecule has 1 N–H and O–H groups in total. The molecule has 1 aromatic carbocycles. The molecular formula is C15H16F3NO2. The molecule has 1 amide bonds. The number of hydrogen-bond acceptors (Lipinski definition) is 2. The molecule has 0 aliphatic carbocycles. The molecule has 0 aliphatic heterocycles. The van der Waals surface area contributed by atoms with Crippen LogP contribution in [0.25, 0.3) is 0 Å². The standard InChI is InChI=1S/C15H16F3NO2/c1-11-5-6-12(4-3-9-20)10-13(11)14(21)19(2)8-7-15(16,17)18/h5-6,10,20H,7-9H2,1-2H3. The van der Waals surface area contributed by atoms with Gasteiger partial charge in [-0.3, -0.25) is 4.79 Å². The van der Waals surface area contributed by atoms with Crippen molar-refractivity contribution in [2.45, 2.75) is 19.5 Å². The fourth-order valence-corrected chi connectivity index (χ4v) is 1.67. The molecule has 21 heavy (non-hydrogen) atoms. The maximum absolute atomic E-state index is 12.2. The summed E-state index contributed by atoms with van der Waals surface area (Å²) in [6.07, 6.45) is -5.34. The van der Waals surface area contributed by atoms with Gasteiger partial charge in [-0.25, -0.2) is 0 Å².